The van der Waals surface area contributed by atoms with Gasteiger partial charge in [0.15, 0.2) is 5.76 Å². The maximum Gasteiger partial charge on any atom is 0.291 e. The van der Waals surface area contributed by atoms with Crippen molar-refractivity contribution in [2.24, 2.45) is 0 Å². The minimum absolute atomic E-state index is 0.176. The highest BCUT2D eigenvalue weighted by Crippen LogP contribution is 2.21. The van der Waals surface area contributed by atoms with Gasteiger partial charge >= 0.3 is 0 Å². The molecule has 0 fully saturated rings. The summed E-state index contributed by atoms with van der Waals surface area (Å²) >= 11 is 6.17. The number of rotatable bonds is 6. The lowest BCUT2D eigenvalue weighted by molar-refractivity contribution is 0.0994. The predicted octanol–water partition coefficient (Wildman–Crippen LogP) is 4.43. The van der Waals surface area contributed by atoms with E-state index in [0.29, 0.717) is 29.6 Å². The van der Waals surface area contributed by atoms with Gasteiger partial charge in [0, 0.05) is 6.20 Å². The van der Waals surface area contributed by atoms with Crippen LogP contribution in [0, 0.1) is 19.7 Å². The van der Waals surface area contributed by atoms with E-state index in [1.54, 1.807) is 33.8 Å². The highest BCUT2D eigenvalue weighted by atomic mass is 35.5. The van der Waals surface area contributed by atoms with Crippen molar-refractivity contribution in [1.29, 1.82) is 0 Å². The number of carbonyl (C=O) groups excluding carboxylic acids is 1. The highest BCUT2D eigenvalue weighted by molar-refractivity contribution is 6.31. The maximum absolute atomic E-state index is 13.3. The fourth-order valence-corrected chi connectivity index (χ4v) is 3.23. The summed E-state index contributed by atoms with van der Waals surface area (Å²) < 4.78 is 22.3. The summed E-state index contributed by atoms with van der Waals surface area (Å²) in [6.07, 6.45) is 3.20. The first-order chi connectivity index (χ1) is 14.4. The molecule has 0 aliphatic heterocycles. The Balaban J connectivity index is 1.40. The van der Waals surface area contributed by atoms with Gasteiger partial charge in [0.1, 0.15) is 11.6 Å². The van der Waals surface area contributed by atoms with Gasteiger partial charge in [-0.25, -0.2) is 4.39 Å². The SMILES string of the molecule is Cc1nn(Cc2ccc(C(=O)Nc3cnn(Cc4cccc(F)c4)c3)o2)c(C)c1Cl. The molecule has 1 aromatic carbocycles. The van der Waals surface area contributed by atoms with Crippen molar-refractivity contribution in [3.05, 3.63) is 88.1 Å². The average Bonchev–Trinajstić information content (AvgIpc) is 3.40. The van der Waals surface area contributed by atoms with Gasteiger partial charge in [0.25, 0.3) is 5.91 Å². The van der Waals surface area contributed by atoms with Crippen molar-refractivity contribution in [2.45, 2.75) is 26.9 Å². The van der Waals surface area contributed by atoms with E-state index < -0.39 is 5.91 Å². The Morgan fingerprint density at radius 3 is 2.80 bits per heavy atom. The third-order valence-electron chi connectivity index (χ3n) is 4.61. The van der Waals surface area contributed by atoms with E-state index in [2.05, 4.69) is 15.5 Å². The monoisotopic (exact) mass is 427 g/mol. The van der Waals surface area contributed by atoms with Crippen molar-refractivity contribution in [2.75, 3.05) is 5.32 Å². The lowest BCUT2D eigenvalue weighted by Gasteiger charge is -2.03. The molecule has 0 bridgehead atoms. The van der Waals surface area contributed by atoms with E-state index in [-0.39, 0.29) is 11.6 Å². The Hall–Kier alpha value is -3.39. The van der Waals surface area contributed by atoms with E-state index in [1.165, 1.54) is 18.3 Å². The third kappa shape index (κ3) is 4.28. The average molecular weight is 428 g/mol. The van der Waals surface area contributed by atoms with Gasteiger partial charge in [-0.3, -0.25) is 14.2 Å². The summed E-state index contributed by atoms with van der Waals surface area (Å²) in [6.45, 7) is 4.48. The smallest absolute Gasteiger partial charge is 0.291 e. The van der Waals surface area contributed by atoms with E-state index in [4.69, 9.17) is 16.0 Å². The lowest BCUT2D eigenvalue weighted by Crippen LogP contribution is -2.10. The summed E-state index contributed by atoms with van der Waals surface area (Å²) in [7, 11) is 0. The number of hydrogen-bond acceptors (Lipinski definition) is 4. The molecule has 0 radical (unpaired) electrons. The zero-order valence-electron chi connectivity index (χ0n) is 16.4. The first-order valence-electron chi connectivity index (χ1n) is 9.25. The summed E-state index contributed by atoms with van der Waals surface area (Å²) in [6, 6.07) is 9.62. The third-order valence-corrected chi connectivity index (χ3v) is 5.16. The van der Waals surface area contributed by atoms with Crippen LogP contribution in [-0.4, -0.2) is 25.5 Å². The summed E-state index contributed by atoms with van der Waals surface area (Å²) in [5.41, 5.74) is 2.87. The number of hydrogen-bond donors (Lipinski definition) is 1. The first kappa shape index (κ1) is 19.9. The molecule has 0 atom stereocenters. The molecule has 0 unspecified atom stereocenters. The summed E-state index contributed by atoms with van der Waals surface area (Å²) in [5, 5.41) is 11.9. The maximum atomic E-state index is 13.3. The van der Waals surface area contributed by atoms with Crippen LogP contribution in [0.3, 0.4) is 0 Å². The van der Waals surface area contributed by atoms with Gasteiger partial charge in [0.2, 0.25) is 0 Å². The van der Waals surface area contributed by atoms with E-state index in [0.717, 1.165) is 17.0 Å². The summed E-state index contributed by atoms with van der Waals surface area (Å²) in [4.78, 5) is 12.5. The van der Waals surface area contributed by atoms with Crippen molar-refractivity contribution in [3.63, 3.8) is 0 Å². The van der Waals surface area contributed by atoms with Gasteiger partial charge in [-0.15, -0.1) is 0 Å². The van der Waals surface area contributed by atoms with Gasteiger partial charge < -0.3 is 9.73 Å². The predicted molar refractivity (Wildman–Crippen MR) is 110 cm³/mol. The lowest BCUT2D eigenvalue weighted by atomic mass is 10.2. The van der Waals surface area contributed by atoms with E-state index in [9.17, 15) is 9.18 Å². The first-order valence-corrected chi connectivity index (χ1v) is 9.63. The Morgan fingerprint density at radius 1 is 1.23 bits per heavy atom. The molecule has 30 heavy (non-hydrogen) atoms. The largest absolute Gasteiger partial charge is 0.454 e. The van der Waals surface area contributed by atoms with Gasteiger partial charge in [-0.2, -0.15) is 10.2 Å². The summed E-state index contributed by atoms with van der Waals surface area (Å²) in [5.74, 6) is 0.0715. The van der Waals surface area contributed by atoms with E-state index in [1.807, 2.05) is 19.9 Å². The number of amides is 1. The molecular formula is C21H19ClFN5O2. The zero-order valence-corrected chi connectivity index (χ0v) is 17.2. The van der Waals surface area contributed by atoms with Crippen molar-refractivity contribution in [1.82, 2.24) is 19.6 Å². The van der Waals surface area contributed by atoms with Crippen LogP contribution in [-0.2, 0) is 13.1 Å². The molecule has 3 aromatic heterocycles. The quantitative estimate of drug-likeness (QED) is 0.493. The van der Waals surface area contributed by atoms with Gasteiger partial charge in [-0.05, 0) is 43.7 Å². The minimum Gasteiger partial charge on any atom is -0.454 e. The molecule has 7 nitrogen and oxygen atoms in total. The molecule has 1 amide bonds. The molecule has 1 N–H and O–H groups in total. The zero-order chi connectivity index (χ0) is 21.3. The van der Waals surface area contributed by atoms with Crippen LogP contribution in [0.2, 0.25) is 5.02 Å². The van der Waals surface area contributed by atoms with Crippen LogP contribution in [0.4, 0.5) is 10.1 Å². The molecule has 3 heterocycles. The molecule has 4 rings (SSSR count). The van der Waals surface area contributed by atoms with E-state index >= 15 is 0 Å². The number of aryl methyl sites for hydroxylation is 1. The standard InChI is InChI=1S/C21H19ClFN5O2/c1-13-20(22)14(2)28(26-13)12-18-6-7-19(30-18)21(29)25-17-9-24-27(11-17)10-15-4-3-5-16(23)8-15/h3-9,11H,10,12H2,1-2H3,(H,25,29). The minimum atomic E-state index is -0.391. The highest BCUT2D eigenvalue weighted by Gasteiger charge is 2.15. The van der Waals surface area contributed by atoms with Crippen LogP contribution >= 0.6 is 11.6 Å². The molecular weight excluding hydrogens is 409 g/mol. The molecule has 0 aliphatic carbocycles. The Labute approximate surface area is 177 Å². The van der Waals surface area contributed by atoms with Crippen molar-refractivity contribution in [3.8, 4) is 0 Å². The second-order valence-electron chi connectivity index (χ2n) is 6.92. The van der Waals surface area contributed by atoms with Crippen LogP contribution in [0.1, 0.15) is 33.3 Å². The van der Waals surface area contributed by atoms with Crippen LogP contribution in [0.25, 0.3) is 0 Å². The molecule has 0 aliphatic rings. The number of halogens is 2. The molecule has 0 spiro atoms. The second kappa shape index (κ2) is 8.16. The molecule has 0 saturated carbocycles. The number of benzene rings is 1. The van der Waals surface area contributed by atoms with Crippen LogP contribution in [0.15, 0.2) is 53.2 Å². The van der Waals surface area contributed by atoms with Crippen molar-refractivity contribution < 1.29 is 13.6 Å². The topological polar surface area (TPSA) is 77.9 Å². The Bertz CT molecular complexity index is 1210. The van der Waals surface area contributed by atoms with Crippen LogP contribution in [0.5, 0.6) is 0 Å². The number of nitrogens with zero attached hydrogens (tertiary/aromatic N) is 4. The number of aromatic nitrogens is 4. The Morgan fingerprint density at radius 2 is 2.07 bits per heavy atom. The number of nitrogens with one attached hydrogen (secondary N) is 1. The van der Waals surface area contributed by atoms with Crippen LogP contribution < -0.4 is 5.32 Å². The molecule has 0 saturated heterocycles. The normalized spacial score (nSPS) is 11.1. The molecule has 9 heteroatoms. The fraction of sp³-hybridized carbons (Fsp3) is 0.190. The number of carbonyl (C=O) groups is 1. The van der Waals surface area contributed by atoms with Gasteiger partial charge in [-0.1, -0.05) is 23.7 Å². The Kier molecular flexibility index (Phi) is 5.41. The molecule has 4 aromatic rings. The fourth-order valence-electron chi connectivity index (χ4n) is 3.09. The second-order valence-corrected chi connectivity index (χ2v) is 7.30. The number of furan rings is 1. The molecule has 154 valence electrons. The van der Waals surface area contributed by atoms with Gasteiger partial charge in [0.05, 0.1) is 41.4 Å². The number of anilines is 1. The van der Waals surface area contributed by atoms with Crippen molar-refractivity contribution >= 4 is 23.2 Å².